The molecule has 0 saturated heterocycles. The van der Waals surface area contributed by atoms with Crippen molar-refractivity contribution >= 4 is 45.9 Å². The average molecular weight is 339 g/mol. The zero-order valence-corrected chi connectivity index (χ0v) is 13.1. The van der Waals surface area contributed by atoms with Crippen LogP contribution < -0.4 is 16.1 Å². The summed E-state index contributed by atoms with van der Waals surface area (Å²) in [4.78, 5) is 24.4. The quantitative estimate of drug-likeness (QED) is 0.661. The molecular formula is C18H11ClN2O3. The van der Waals surface area contributed by atoms with E-state index in [1.54, 1.807) is 24.3 Å². The highest BCUT2D eigenvalue weighted by molar-refractivity contribution is 6.31. The number of hydrogen-bond donors (Lipinski definition) is 2. The summed E-state index contributed by atoms with van der Waals surface area (Å²) >= 11 is 5.90. The number of nitrogens with one attached hydrogen (secondary N) is 2. The van der Waals surface area contributed by atoms with Crippen molar-refractivity contribution in [2.45, 2.75) is 0 Å². The van der Waals surface area contributed by atoms with Crippen molar-refractivity contribution < 1.29 is 9.21 Å². The van der Waals surface area contributed by atoms with Gasteiger partial charge < -0.3 is 15.1 Å². The van der Waals surface area contributed by atoms with Crippen LogP contribution in [0.1, 0.15) is 5.76 Å². The minimum atomic E-state index is -0.299. The lowest BCUT2D eigenvalue weighted by Gasteiger charge is -2.20. The van der Waals surface area contributed by atoms with Crippen LogP contribution >= 0.6 is 11.6 Å². The van der Waals surface area contributed by atoms with E-state index in [0.717, 1.165) is 5.69 Å². The molecule has 0 unspecified atom stereocenters. The molecule has 0 fully saturated rings. The van der Waals surface area contributed by atoms with Crippen molar-refractivity contribution in [1.29, 1.82) is 0 Å². The van der Waals surface area contributed by atoms with Crippen molar-refractivity contribution in [3.05, 3.63) is 75.2 Å². The van der Waals surface area contributed by atoms with Gasteiger partial charge in [-0.1, -0.05) is 23.7 Å². The smallest absolute Gasteiger partial charge is 0.272 e. The Morgan fingerprint density at radius 1 is 0.958 bits per heavy atom. The molecule has 0 spiro atoms. The second kappa shape index (κ2) is 5.54. The molecule has 1 aliphatic rings. The first-order valence-electron chi connectivity index (χ1n) is 7.23. The Labute approximate surface area is 141 Å². The summed E-state index contributed by atoms with van der Waals surface area (Å²) in [5, 5.41) is 6.68. The number of anilines is 2. The van der Waals surface area contributed by atoms with Crippen LogP contribution in [0.25, 0.3) is 17.0 Å². The summed E-state index contributed by atoms with van der Waals surface area (Å²) in [5.41, 5.74) is 1.97. The maximum atomic E-state index is 12.2. The van der Waals surface area contributed by atoms with E-state index >= 15 is 0 Å². The van der Waals surface area contributed by atoms with E-state index in [9.17, 15) is 9.59 Å². The van der Waals surface area contributed by atoms with Crippen molar-refractivity contribution in [3.63, 3.8) is 0 Å². The molecule has 2 aromatic carbocycles. The molecule has 2 heterocycles. The fourth-order valence-electron chi connectivity index (χ4n) is 2.55. The Kier molecular flexibility index (Phi) is 3.36. The first-order valence-corrected chi connectivity index (χ1v) is 7.60. The van der Waals surface area contributed by atoms with Gasteiger partial charge in [0.25, 0.3) is 5.91 Å². The van der Waals surface area contributed by atoms with Crippen LogP contribution in [0.5, 0.6) is 0 Å². The lowest BCUT2D eigenvalue weighted by Crippen LogP contribution is -2.25. The third-order valence-corrected chi connectivity index (χ3v) is 3.92. The summed E-state index contributed by atoms with van der Waals surface area (Å²) < 4.78 is 5.68. The zero-order chi connectivity index (χ0) is 16.7. The maximum Gasteiger partial charge on any atom is 0.272 e. The highest BCUT2D eigenvalue weighted by Gasteiger charge is 2.19. The normalized spacial score (nSPS) is 15.0. The molecule has 4 rings (SSSR count). The van der Waals surface area contributed by atoms with Gasteiger partial charge in [0.1, 0.15) is 17.0 Å². The van der Waals surface area contributed by atoms with Crippen LogP contribution in [-0.4, -0.2) is 5.91 Å². The van der Waals surface area contributed by atoms with E-state index in [1.807, 2.05) is 18.2 Å². The molecule has 3 aromatic rings. The Morgan fingerprint density at radius 3 is 2.50 bits per heavy atom. The Morgan fingerprint density at radius 2 is 1.71 bits per heavy atom. The molecule has 1 aromatic heterocycles. The minimum absolute atomic E-state index is 0.220. The Hall–Kier alpha value is -3.05. The van der Waals surface area contributed by atoms with E-state index < -0.39 is 0 Å². The number of halogens is 1. The molecule has 2 N–H and O–H groups in total. The molecule has 0 aliphatic carbocycles. The Balaban J connectivity index is 1.79. The molecule has 0 radical (unpaired) electrons. The molecule has 118 valence electrons. The Bertz CT molecular complexity index is 1070. The van der Waals surface area contributed by atoms with Crippen LogP contribution in [0.4, 0.5) is 11.4 Å². The molecule has 0 atom stereocenters. The number of fused-ring (bicyclic) bond motifs is 2. The molecule has 1 aliphatic heterocycles. The molecule has 1 amide bonds. The molecule has 0 bridgehead atoms. The highest BCUT2D eigenvalue weighted by Crippen LogP contribution is 2.28. The number of amides is 1. The predicted molar refractivity (Wildman–Crippen MR) is 94.2 cm³/mol. The van der Waals surface area contributed by atoms with E-state index in [-0.39, 0.29) is 17.1 Å². The monoisotopic (exact) mass is 338 g/mol. The predicted octanol–water partition coefficient (Wildman–Crippen LogP) is 3.85. The lowest BCUT2D eigenvalue weighted by molar-refractivity contribution is -0.112. The van der Waals surface area contributed by atoms with Crippen LogP contribution in [-0.2, 0) is 4.79 Å². The summed E-state index contributed by atoms with van der Waals surface area (Å²) in [6.07, 6.45) is 1.50. The van der Waals surface area contributed by atoms with Gasteiger partial charge in [-0.05, 0) is 30.3 Å². The third-order valence-electron chi connectivity index (χ3n) is 3.68. The topological polar surface area (TPSA) is 71.3 Å². The van der Waals surface area contributed by atoms with Crippen molar-refractivity contribution in [1.82, 2.24) is 0 Å². The molecular weight excluding hydrogens is 328 g/mol. The first kappa shape index (κ1) is 14.5. The summed E-state index contributed by atoms with van der Waals surface area (Å²) in [6, 6.07) is 13.5. The van der Waals surface area contributed by atoms with Gasteiger partial charge in [-0.25, -0.2) is 0 Å². The lowest BCUT2D eigenvalue weighted by atomic mass is 10.1. The molecule has 24 heavy (non-hydrogen) atoms. The average Bonchev–Trinajstić information content (AvgIpc) is 2.56. The van der Waals surface area contributed by atoms with Crippen LogP contribution in [0.2, 0.25) is 5.02 Å². The van der Waals surface area contributed by atoms with Gasteiger partial charge in [0, 0.05) is 17.2 Å². The zero-order valence-electron chi connectivity index (χ0n) is 12.3. The SMILES string of the molecule is O=C1Nc2ccccc2NC1=Cc1cc(=O)c2cc(Cl)ccc2o1. The van der Waals surface area contributed by atoms with Gasteiger partial charge in [-0.15, -0.1) is 0 Å². The summed E-state index contributed by atoms with van der Waals surface area (Å²) in [6.45, 7) is 0. The van der Waals surface area contributed by atoms with Crippen molar-refractivity contribution in [2.75, 3.05) is 10.6 Å². The number of carbonyl (C=O) groups excluding carboxylic acids is 1. The van der Waals surface area contributed by atoms with E-state index in [2.05, 4.69) is 10.6 Å². The first-order chi connectivity index (χ1) is 11.6. The molecule has 0 saturated carbocycles. The molecule has 6 heteroatoms. The van der Waals surface area contributed by atoms with Gasteiger partial charge in [0.05, 0.1) is 16.8 Å². The van der Waals surface area contributed by atoms with Crippen LogP contribution in [0, 0.1) is 0 Å². The van der Waals surface area contributed by atoms with Gasteiger partial charge >= 0.3 is 0 Å². The summed E-state index contributed by atoms with van der Waals surface area (Å²) in [5.74, 6) is -0.0144. The second-order valence-corrected chi connectivity index (χ2v) is 5.77. The van der Waals surface area contributed by atoms with Crippen molar-refractivity contribution in [3.8, 4) is 0 Å². The number of carbonyl (C=O) groups is 1. The van der Waals surface area contributed by atoms with Gasteiger partial charge in [0.2, 0.25) is 0 Å². The summed E-state index contributed by atoms with van der Waals surface area (Å²) in [7, 11) is 0. The number of benzene rings is 2. The third kappa shape index (κ3) is 2.55. The second-order valence-electron chi connectivity index (χ2n) is 5.34. The fourth-order valence-corrected chi connectivity index (χ4v) is 2.73. The molecule has 5 nitrogen and oxygen atoms in total. The van der Waals surface area contributed by atoms with E-state index in [4.69, 9.17) is 16.0 Å². The van der Waals surface area contributed by atoms with Gasteiger partial charge in [-0.2, -0.15) is 0 Å². The fraction of sp³-hybridized carbons (Fsp3) is 0. The van der Waals surface area contributed by atoms with E-state index in [0.29, 0.717) is 27.4 Å². The van der Waals surface area contributed by atoms with E-state index in [1.165, 1.54) is 12.1 Å². The van der Waals surface area contributed by atoms with Crippen LogP contribution in [0.15, 0.2) is 63.4 Å². The number of hydrogen-bond acceptors (Lipinski definition) is 4. The van der Waals surface area contributed by atoms with Gasteiger partial charge in [0.15, 0.2) is 5.43 Å². The van der Waals surface area contributed by atoms with Crippen LogP contribution in [0.3, 0.4) is 0 Å². The highest BCUT2D eigenvalue weighted by atomic mass is 35.5. The van der Waals surface area contributed by atoms with Crippen molar-refractivity contribution in [2.24, 2.45) is 0 Å². The minimum Gasteiger partial charge on any atom is -0.456 e. The maximum absolute atomic E-state index is 12.2. The van der Waals surface area contributed by atoms with Gasteiger partial charge in [-0.3, -0.25) is 9.59 Å². The largest absolute Gasteiger partial charge is 0.456 e. The standard InChI is InChI=1S/C18H11ClN2O3/c19-10-5-6-17-12(7-10)16(22)9-11(24-17)8-15-18(23)21-14-4-2-1-3-13(14)20-15/h1-9,20H,(H,21,23). The number of para-hydroxylation sites is 2. The number of rotatable bonds is 1.